The number of ether oxygens (including phenoxy) is 1. The van der Waals surface area contributed by atoms with E-state index in [0.717, 1.165) is 55.6 Å². The molecule has 0 heterocycles. The first kappa shape index (κ1) is 33.9. The summed E-state index contributed by atoms with van der Waals surface area (Å²) in [6, 6.07) is 50.9. The predicted octanol–water partition coefficient (Wildman–Crippen LogP) is 7.83. The fourth-order valence-corrected chi connectivity index (χ4v) is 5.53. The molecule has 0 aliphatic carbocycles. The molecule has 5 aromatic carbocycles. The maximum absolute atomic E-state index is 9.37. The Bertz CT molecular complexity index is 1600. The van der Waals surface area contributed by atoms with Crippen LogP contribution in [0, 0.1) is 11.3 Å². The summed E-state index contributed by atoms with van der Waals surface area (Å²) < 4.78 is 6.11. The molecule has 234 valence electrons. The van der Waals surface area contributed by atoms with Gasteiger partial charge in [-0.05, 0) is 77.8 Å². The van der Waals surface area contributed by atoms with Crippen molar-refractivity contribution in [1.29, 1.82) is 5.26 Å². The van der Waals surface area contributed by atoms with Gasteiger partial charge in [-0.2, -0.15) is 5.26 Å². The molecule has 0 aliphatic rings. The summed E-state index contributed by atoms with van der Waals surface area (Å²) in [5, 5.41) is 17.1. The van der Waals surface area contributed by atoms with Gasteiger partial charge in [0.15, 0.2) is 0 Å². The number of nitrogens with one attached hydrogen (secondary N) is 2. The van der Waals surface area contributed by atoms with Gasteiger partial charge in [0.05, 0.1) is 11.6 Å². The van der Waals surface area contributed by atoms with Gasteiger partial charge < -0.3 is 20.2 Å². The van der Waals surface area contributed by atoms with Gasteiger partial charge in [0, 0.05) is 25.2 Å². The van der Waals surface area contributed by atoms with Crippen molar-refractivity contribution in [1.82, 2.24) is 10.6 Å². The quantitative estimate of drug-likeness (QED) is 0.119. The van der Waals surface area contributed by atoms with Gasteiger partial charge in [0.2, 0.25) is 0 Å². The van der Waals surface area contributed by atoms with Crippen molar-refractivity contribution < 1.29 is 9.53 Å². The maximum atomic E-state index is 9.37. The number of carbonyl (C=O) groups excluding carboxylic acids is 1. The van der Waals surface area contributed by atoms with Crippen LogP contribution in [0.15, 0.2) is 140 Å². The Kier molecular flexibility index (Phi) is 14.3. The Morgan fingerprint density at radius 2 is 1.15 bits per heavy atom. The van der Waals surface area contributed by atoms with Crippen LogP contribution in [0.4, 0.5) is 0 Å². The minimum Gasteiger partial charge on any atom is -0.489 e. The Morgan fingerprint density at radius 1 is 0.609 bits per heavy atom. The lowest BCUT2D eigenvalue weighted by Crippen LogP contribution is -2.39. The molecule has 0 radical (unpaired) electrons. The number of nitrogens with zero attached hydrogens (tertiary/aromatic N) is 1. The SMILES string of the molecule is C=O.N#Cc1cccc(CNC(CCc2ccccc2)CC(Cc2ccccc2)NCc2cccc(OCc3ccccc3)c2)c1. The highest BCUT2D eigenvalue weighted by Gasteiger charge is 2.18. The molecule has 0 amide bonds. The monoisotopic (exact) mass is 609 g/mol. The van der Waals surface area contributed by atoms with E-state index in [4.69, 9.17) is 9.53 Å². The van der Waals surface area contributed by atoms with Crippen molar-refractivity contribution in [3.8, 4) is 11.8 Å². The van der Waals surface area contributed by atoms with Gasteiger partial charge in [-0.3, -0.25) is 0 Å². The van der Waals surface area contributed by atoms with Crippen LogP contribution in [0.25, 0.3) is 0 Å². The molecule has 5 aromatic rings. The molecule has 5 nitrogen and oxygen atoms in total. The van der Waals surface area contributed by atoms with Crippen molar-refractivity contribution in [3.05, 3.63) is 173 Å². The minimum atomic E-state index is 0.269. The Morgan fingerprint density at radius 3 is 1.80 bits per heavy atom. The topological polar surface area (TPSA) is 74.2 Å². The van der Waals surface area contributed by atoms with Crippen LogP contribution in [0.3, 0.4) is 0 Å². The maximum Gasteiger partial charge on any atom is 0.120 e. The largest absolute Gasteiger partial charge is 0.489 e. The molecular formula is C41H43N3O2. The van der Waals surface area contributed by atoms with E-state index >= 15 is 0 Å². The minimum absolute atomic E-state index is 0.269. The lowest BCUT2D eigenvalue weighted by molar-refractivity contribution is -0.0980. The molecular weight excluding hydrogens is 566 g/mol. The molecule has 46 heavy (non-hydrogen) atoms. The van der Waals surface area contributed by atoms with E-state index in [1.54, 1.807) is 0 Å². The van der Waals surface area contributed by atoms with Crippen molar-refractivity contribution in [2.45, 2.75) is 57.5 Å². The molecule has 2 atom stereocenters. The number of nitriles is 1. The fourth-order valence-electron chi connectivity index (χ4n) is 5.53. The highest BCUT2D eigenvalue weighted by Crippen LogP contribution is 2.18. The van der Waals surface area contributed by atoms with Crippen LogP contribution in [0.2, 0.25) is 0 Å². The van der Waals surface area contributed by atoms with E-state index < -0.39 is 0 Å². The summed E-state index contributed by atoms with van der Waals surface area (Å²) >= 11 is 0. The molecule has 0 saturated heterocycles. The molecule has 2 unspecified atom stereocenters. The first-order valence-electron chi connectivity index (χ1n) is 15.8. The van der Waals surface area contributed by atoms with Gasteiger partial charge in [0.1, 0.15) is 19.1 Å². The summed E-state index contributed by atoms with van der Waals surface area (Å²) in [4.78, 5) is 8.00. The van der Waals surface area contributed by atoms with Crippen molar-refractivity contribution in [2.75, 3.05) is 0 Å². The third kappa shape index (κ3) is 11.8. The third-order valence-electron chi connectivity index (χ3n) is 7.91. The van der Waals surface area contributed by atoms with E-state index in [0.29, 0.717) is 18.2 Å². The van der Waals surface area contributed by atoms with Gasteiger partial charge in [0.25, 0.3) is 0 Å². The van der Waals surface area contributed by atoms with Gasteiger partial charge in [-0.25, -0.2) is 0 Å². The van der Waals surface area contributed by atoms with E-state index in [1.165, 1.54) is 16.7 Å². The molecule has 0 aliphatic heterocycles. The Labute approximate surface area is 273 Å². The van der Waals surface area contributed by atoms with Crippen molar-refractivity contribution in [2.24, 2.45) is 0 Å². The van der Waals surface area contributed by atoms with E-state index in [2.05, 4.69) is 114 Å². The standard InChI is InChI=1S/C40H41N3O.CH2O/c41-28-35-18-10-19-36(24-35)29-42-38(23-22-32-12-4-1-5-13-32)27-39(25-33-14-6-2-7-15-33)43-30-37-20-11-21-40(26-37)44-31-34-16-8-3-9-17-34;1-2/h1-21,24,26,38-39,42-43H,22-23,25,27,29-31H2;1H2. The molecule has 5 heteroatoms. The molecule has 5 rings (SSSR count). The zero-order valence-electron chi connectivity index (χ0n) is 26.4. The Balaban J connectivity index is 0.00000235. The first-order chi connectivity index (χ1) is 22.7. The second-order valence-corrected chi connectivity index (χ2v) is 11.3. The van der Waals surface area contributed by atoms with Crippen molar-refractivity contribution in [3.63, 3.8) is 0 Å². The summed E-state index contributed by atoms with van der Waals surface area (Å²) in [6.07, 6.45) is 3.95. The van der Waals surface area contributed by atoms with Gasteiger partial charge >= 0.3 is 0 Å². The van der Waals surface area contributed by atoms with Crippen LogP contribution < -0.4 is 15.4 Å². The number of benzene rings is 5. The number of hydrogen-bond acceptors (Lipinski definition) is 5. The molecule has 0 saturated carbocycles. The van der Waals surface area contributed by atoms with Crippen molar-refractivity contribution >= 4 is 6.79 Å². The molecule has 0 fully saturated rings. The second-order valence-electron chi connectivity index (χ2n) is 11.3. The fraction of sp³-hybridized carbons (Fsp3) is 0.220. The molecule has 0 aromatic heterocycles. The number of aryl methyl sites for hydroxylation is 1. The summed E-state index contributed by atoms with van der Waals surface area (Å²) in [5.41, 5.74) is 6.87. The number of rotatable bonds is 16. The van der Waals surface area contributed by atoms with Gasteiger partial charge in [-0.1, -0.05) is 115 Å². The smallest absolute Gasteiger partial charge is 0.120 e. The summed E-state index contributed by atoms with van der Waals surface area (Å²) in [7, 11) is 0. The first-order valence-corrected chi connectivity index (χ1v) is 15.8. The average molecular weight is 610 g/mol. The number of carbonyl (C=O) groups is 1. The van der Waals surface area contributed by atoms with Crippen LogP contribution in [0.5, 0.6) is 5.75 Å². The summed E-state index contributed by atoms with van der Waals surface area (Å²) in [5.74, 6) is 0.884. The van der Waals surface area contributed by atoms with Crippen LogP contribution >= 0.6 is 0 Å². The molecule has 2 N–H and O–H groups in total. The van der Waals surface area contributed by atoms with Gasteiger partial charge in [-0.15, -0.1) is 0 Å². The van der Waals surface area contributed by atoms with E-state index in [1.807, 2.05) is 49.3 Å². The van der Waals surface area contributed by atoms with E-state index in [-0.39, 0.29) is 6.04 Å². The zero-order valence-corrected chi connectivity index (χ0v) is 26.4. The average Bonchev–Trinajstić information content (AvgIpc) is 3.13. The Hall–Kier alpha value is -5.02. The number of hydrogen-bond donors (Lipinski definition) is 2. The lowest BCUT2D eigenvalue weighted by Gasteiger charge is -2.26. The summed E-state index contributed by atoms with van der Waals surface area (Å²) in [6.45, 7) is 4.05. The van der Waals surface area contributed by atoms with E-state index in [9.17, 15) is 5.26 Å². The third-order valence-corrected chi connectivity index (χ3v) is 7.91. The molecule has 0 spiro atoms. The highest BCUT2D eigenvalue weighted by molar-refractivity contribution is 5.33. The van der Waals surface area contributed by atoms with Crippen LogP contribution in [-0.4, -0.2) is 18.9 Å². The predicted molar refractivity (Wildman–Crippen MR) is 186 cm³/mol. The lowest BCUT2D eigenvalue weighted by atomic mass is 9.95. The normalized spacial score (nSPS) is 11.8. The zero-order chi connectivity index (χ0) is 32.2. The second kappa shape index (κ2) is 19.4. The van der Waals surface area contributed by atoms with Crippen LogP contribution in [-0.2, 0) is 37.3 Å². The highest BCUT2D eigenvalue weighted by atomic mass is 16.5. The molecule has 0 bridgehead atoms. The van der Waals surface area contributed by atoms with Crippen LogP contribution in [0.1, 0.15) is 46.2 Å².